The Hall–Kier alpha value is -1.95. The zero-order valence-corrected chi connectivity index (χ0v) is 12.4. The van der Waals surface area contributed by atoms with Gasteiger partial charge in [-0.3, -0.25) is 4.79 Å². The van der Waals surface area contributed by atoms with Crippen LogP contribution in [-0.4, -0.2) is 52.3 Å². The lowest BCUT2D eigenvalue weighted by molar-refractivity contribution is -0.130. The molecule has 1 rings (SSSR count). The third kappa shape index (κ3) is 4.03. The van der Waals surface area contributed by atoms with Gasteiger partial charge in [0.2, 0.25) is 5.75 Å². The molecule has 0 radical (unpaired) electrons. The highest BCUT2D eigenvalue weighted by Crippen LogP contribution is 2.38. The minimum Gasteiger partial charge on any atom is -0.493 e. The van der Waals surface area contributed by atoms with E-state index in [1.165, 1.54) is 4.90 Å². The summed E-state index contributed by atoms with van der Waals surface area (Å²) >= 11 is 0. The van der Waals surface area contributed by atoms with E-state index < -0.39 is 0 Å². The molecule has 0 unspecified atom stereocenters. The maximum atomic E-state index is 11.6. The second-order valence-corrected chi connectivity index (χ2v) is 4.44. The number of ether oxygens (including phenoxy) is 3. The number of methoxy groups -OCH3 is 2. The fourth-order valence-electron chi connectivity index (χ4n) is 1.65. The van der Waals surface area contributed by atoms with Gasteiger partial charge < -0.3 is 24.8 Å². The van der Waals surface area contributed by atoms with E-state index in [2.05, 4.69) is 0 Å². The number of nitrogens with zero attached hydrogens (tertiary/aromatic N) is 1. The highest BCUT2D eigenvalue weighted by atomic mass is 16.5. The summed E-state index contributed by atoms with van der Waals surface area (Å²) in [7, 11) is 6.43. The van der Waals surface area contributed by atoms with Crippen LogP contribution in [0.1, 0.15) is 5.56 Å². The molecule has 0 saturated carbocycles. The molecule has 0 fully saturated rings. The molecule has 6 heteroatoms. The van der Waals surface area contributed by atoms with Crippen LogP contribution < -0.4 is 19.9 Å². The van der Waals surface area contributed by atoms with E-state index in [1.54, 1.807) is 28.3 Å². The Morgan fingerprint density at radius 1 is 1.20 bits per heavy atom. The topological polar surface area (TPSA) is 74.0 Å². The summed E-state index contributed by atoms with van der Waals surface area (Å²) in [5.74, 6) is 1.34. The molecule has 0 saturated heterocycles. The second-order valence-electron chi connectivity index (χ2n) is 4.44. The minimum absolute atomic E-state index is 0.0735. The van der Waals surface area contributed by atoms with Crippen molar-refractivity contribution in [2.75, 3.05) is 41.5 Å². The maximum Gasteiger partial charge on any atom is 0.259 e. The van der Waals surface area contributed by atoms with Crippen molar-refractivity contribution in [3.8, 4) is 17.2 Å². The van der Waals surface area contributed by atoms with E-state index in [9.17, 15) is 4.79 Å². The van der Waals surface area contributed by atoms with E-state index in [-0.39, 0.29) is 12.5 Å². The molecule has 20 heavy (non-hydrogen) atoms. The summed E-state index contributed by atoms with van der Waals surface area (Å²) in [5.41, 5.74) is 6.54. The molecule has 0 heterocycles. The molecule has 0 aliphatic rings. The summed E-state index contributed by atoms with van der Waals surface area (Å²) in [5, 5.41) is 0. The molecule has 6 nitrogen and oxygen atoms in total. The lowest BCUT2D eigenvalue weighted by Crippen LogP contribution is -2.27. The Morgan fingerprint density at radius 3 is 2.15 bits per heavy atom. The van der Waals surface area contributed by atoms with Crippen LogP contribution in [0.4, 0.5) is 0 Å². The van der Waals surface area contributed by atoms with Gasteiger partial charge in [-0.25, -0.2) is 0 Å². The second kappa shape index (κ2) is 7.59. The van der Waals surface area contributed by atoms with Gasteiger partial charge in [0.1, 0.15) is 0 Å². The summed E-state index contributed by atoms with van der Waals surface area (Å²) in [6.07, 6.45) is 0.712. The molecule has 0 spiro atoms. The van der Waals surface area contributed by atoms with E-state index in [1.807, 2.05) is 12.1 Å². The van der Waals surface area contributed by atoms with E-state index in [0.717, 1.165) is 5.56 Å². The third-order valence-corrected chi connectivity index (χ3v) is 2.79. The number of amides is 1. The maximum absolute atomic E-state index is 11.6. The smallest absolute Gasteiger partial charge is 0.259 e. The van der Waals surface area contributed by atoms with Gasteiger partial charge in [0, 0.05) is 14.1 Å². The fourth-order valence-corrected chi connectivity index (χ4v) is 1.65. The lowest BCUT2D eigenvalue weighted by atomic mass is 10.1. The number of rotatable bonds is 7. The highest BCUT2D eigenvalue weighted by molar-refractivity contribution is 5.77. The number of nitrogens with two attached hydrogens (primary N) is 1. The van der Waals surface area contributed by atoms with Crippen molar-refractivity contribution in [1.29, 1.82) is 0 Å². The fraction of sp³-hybridized carbons (Fsp3) is 0.500. The van der Waals surface area contributed by atoms with Crippen molar-refractivity contribution >= 4 is 5.91 Å². The van der Waals surface area contributed by atoms with Crippen molar-refractivity contribution in [1.82, 2.24) is 4.90 Å². The first-order chi connectivity index (χ1) is 9.53. The largest absolute Gasteiger partial charge is 0.493 e. The van der Waals surface area contributed by atoms with Crippen molar-refractivity contribution in [2.45, 2.75) is 6.42 Å². The first-order valence-corrected chi connectivity index (χ1v) is 6.31. The van der Waals surface area contributed by atoms with E-state index >= 15 is 0 Å². The van der Waals surface area contributed by atoms with Gasteiger partial charge in [-0.2, -0.15) is 0 Å². The van der Waals surface area contributed by atoms with Crippen molar-refractivity contribution in [3.63, 3.8) is 0 Å². The van der Waals surface area contributed by atoms with Gasteiger partial charge in [-0.05, 0) is 30.7 Å². The minimum atomic E-state index is -0.139. The highest BCUT2D eigenvalue weighted by Gasteiger charge is 2.16. The summed E-state index contributed by atoms with van der Waals surface area (Å²) in [4.78, 5) is 13.0. The summed E-state index contributed by atoms with van der Waals surface area (Å²) in [6, 6.07) is 3.68. The van der Waals surface area contributed by atoms with Gasteiger partial charge in [0.25, 0.3) is 5.91 Å². The molecule has 112 valence electrons. The Morgan fingerprint density at radius 2 is 1.75 bits per heavy atom. The van der Waals surface area contributed by atoms with Crippen molar-refractivity contribution in [3.05, 3.63) is 17.7 Å². The SMILES string of the molecule is COc1cc(CCN)cc(OC)c1OCC(=O)N(C)C. The Labute approximate surface area is 119 Å². The first-order valence-electron chi connectivity index (χ1n) is 6.31. The molecule has 1 aromatic rings. The summed E-state index contributed by atoms with van der Waals surface area (Å²) < 4.78 is 16.1. The van der Waals surface area contributed by atoms with Crippen LogP contribution in [0.3, 0.4) is 0 Å². The third-order valence-electron chi connectivity index (χ3n) is 2.79. The Balaban J connectivity index is 3.00. The molecule has 1 aromatic carbocycles. The number of carbonyl (C=O) groups excluding carboxylic acids is 1. The molecule has 0 aliphatic carbocycles. The molecular weight excluding hydrogens is 260 g/mol. The molecular formula is C14H22N2O4. The van der Waals surface area contributed by atoms with Crippen LogP contribution >= 0.6 is 0 Å². The molecule has 2 N–H and O–H groups in total. The van der Waals surface area contributed by atoms with Gasteiger partial charge in [-0.15, -0.1) is 0 Å². The van der Waals surface area contributed by atoms with Gasteiger partial charge in [0.15, 0.2) is 18.1 Å². The lowest BCUT2D eigenvalue weighted by Gasteiger charge is -2.17. The van der Waals surface area contributed by atoms with Crippen LogP contribution in [0.15, 0.2) is 12.1 Å². The molecule has 0 bridgehead atoms. The monoisotopic (exact) mass is 282 g/mol. The van der Waals surface area contributed by atoms with E-state index in [0.29, 0.717) is 30.2 Å². The van der Waals surface area contributed by atoms with E-state index in [4.69, 9.17) is 19.9 Å². The Kier molecular flexibility index (Phi) is 6.11. The van der Waals surface area contributed by atoms with Gasteiger partial charge in [-0.1, -0.05) is 0 Å². The predicted octanol–water partition coefficient (Wildman–Crippen LogP) is 0.672. The first kappa shape index (κ1) is 16.1. The summed E-state index contributed by atoms with van der Waals surface area (Å²) in [6.45, 7) is 0.460. The Bertz CT molecular complexity index is 435. The standard InChI is InChI=1S/C14H22N2O4/c1-16(2)13(17)9-20-14-11(18-3)7-10(5-6-15)8-12(14)19-4/h7-8H,5-6,9,15H2,1-4H3. The number of hydrogen-bond donors (Lipinski definition) is 1. The molecule has 0 aromatic heterocycles. The number of likely N-dealkylation sites (N-methyl/N-ethyl adjacent to an activating group) is 1. The zero-order valence-electron chi connectivity index (χ0n) is 12.4. The molecule has 0 atom stereocenters. The number of benzene rings is 1. The average molecular weight is 282 g/mol. The predicted molar refractivity (Wildman–Crippen MR) is 76.5 cm³/mol. The van der Waals surface area contributed by atoms with Gasteiger partial charge in [0.05, 0.1) is 14.2 Å². The van der Waals surface area contributed by atoms with Crippen LogP contribution in [0, 0.1) is 0 Å². The average Bonchev–Trinajstić information content (AvgIpc) is 2.44. The quantitative estimate of drug-likeness (QED) is 0.795. The van der Waals surface area contributed by atoms with Crippen LogP contribution in [0.5, 0.6) is 17.2 Å². The number of hydrogen-bond acceptors (Lipinski definition) is 5. The normalized spacial score (nSPS) is 10.1. The molecule has 0 aliphatic heterocycles. The van der Waals surface area contributed by atoms with Crippen molar-refractivity contribution in [2.24, 2.45) is 5.73 Å². The number of carbonyl (C=O) groups is 1. The zero-order chi connectivity index (χ0) is 15.1. The van der Waals surface area contributed by atoms with Crippen LogP contribution in [-0.2, 0) is 11.2 Å². The van der Waals surface area contributed by atoms with Gasteiger partial charge >= 0.3 is 0 Å². The van der Waals surface area contributed by atoms with Crippen LogP contribution in [0.2, 0.25) is 0 Å². The van der Waals surface area contributed by atoms with Crippen LogP contribution in [0.25, 0.3) is 0 Å². The van der Waals surface area contributed by atoms with Crippen molar-refractivity contribution < 1.29 is 19.0 Å². The molecule has 1 amide bonds.